The van der Waals surface area contributed by atoms with Gasteiger partial charge >= 0.3 is 0 Å². The number of hydrogen-bond acceptors (Lipinski definition) is 4. The van der Waals surface area contributed by atoms with E-state index in [1.807, 2.05) is 55.5 Å². The predicted molar refractivity (Wildman–Crippen MR) is 104 cm³/mol. The molecule has 0 radical (unpaired) electrons. The van der Waals surface area contributed by atoms with Crippen molar-refractivity contribution in [2.24, 2.45) is 0 Å². The minimum atomic E-state index is -0.162. The normalized spacial score (nSPS) is 10.2. The summed E-state index contributed by atoms with van der Waals surface area (Å²) in [6.45, 7) is 2.54. The Labute approximate surface area is 153 Å². The number of anilines is 2. The number of carbonyl (C=O) groups is 1. The highest BCUT2D eigenvalue weighted by Gasteiger charge is 2.09. The van der Waals surface area contributed by atoms with Crippen LogP contribution in [-0.4, -0.2) is 18.0 Å². The average molecular weight is 347 g/mol. The summed E-state index contributed by atoms with van der Waals surface area (Å²) in [6, 6.07) is 19.0. The summed E-state index contributed by atoms with van der Waals surface area (Å²) in [5.41, 5.74) is 3.50. The smallest absolute Gasteiger partial charge is 0.257 e. The van der Waals surface area contributed by atoms with Gasteiger partial charge in [0.25, 0.3) is 5.91 Å². The number of pyridine rings is 1. The molecule has 0 spiro atoms. The molecule has 1 aromatic heterocycles. The van der Waals surface area contributed by atoms with E-state index in [0.717, 1.165) is 22.6 Å². The molecule has 3 rings (SSSR count). The molecular formula is C21H21N3O2. The van der Waals surface area contributed by atoms with Gasteiger partial charge in [-0.25, -0.2) is 4.98 Å². The van der Waals surface area contributed by atoms with Crippen LogP contribution in [0, 0.1) is 6.92 Å². The summed E-state index contributed by atoms with van der Waals surface area (Å²) in [5, 5.41) is 6.12. The molecule has 5 heteroatoms. The van der Waals surface area contributed by atoms with Crippen molar-refractivity contribution in [1.82, 2.24) is 4.98 Å². The van der Waals surface area contributed by atoms with Crippen molar-refractivity contribution in [2.45, 2.75) is 13.5 Å². The first kappa shape index (κ1) is 17.5. The van der Waals surface area contributed by atoms with E-state index in [2.05, 4.69) is 15.6 Å². The maximum Gasteiger partial charge on any atom is 0.257 e. The van der Waals surface area contributed by atoms with E-state index in [4.69, 9.17) is 4.74 Å². The standard InChI is InChI=1S/C21H21N3O2/c1-15-7-3-5-9-18(15)21(25)24-20-12-11-17(14-23-20)22-13-16-8-4-6-10-19(16)26-2/h3-12,14,22H,13H2,1-2H3,(H,23,24,25). The van der Waals surface area contributed by atoms with Crippen LogP contribution in [0.1, 0.15) is 21.5 Å². The molecule has 0 bridgehead atoms. The van der Waals surface area contributed by atoms with Gasteiger partial charge in [0.15, 0.2) is 0 Å². The Kier molecular flexibility index (Phi) is 5.49. The van der Waals surface area contributed by atoms with Crippen LogP contribution >= 0.6 is 0 Å². The molecule has 1 heterocycles. The van der Waals surface area contributed by atoms with Crippen LogP contribution in [0.15, 0.2) is 66.9 Å². The summed E-state index contributed by atoms with van der Waals surface area (Å²) in [6.07, 6.45) is 1.70. The zero-order valence-electron chi connectivity index (χ0n) is 14.8. The van der Waals surface area contributed by atoms with Gasteiger partial charge < -0.3 is 15.4 Å². The van der Waals surface area contributed by atoms with Gasteiger partial charge in [-0.3, -0.25) is 4.79 Å². The number of nitrogens with one attached hydrogen (secondary N) is 2. The maximum atomic E-state index is 12.3. The van der Waals surface area contributed by atoms with Crippen LogP contribution in [0.2, 0.25) is 0 Å². The van der Waals surface area contributed by atoms with E-state index in [0.29, 0.717) is 17.9 Å². The second-order valence-electron chi connectivity index (χ2n) is 5.87. The first-order chi connectivity index (χ1) is 12.7. The number of benzene rings is 2. The molecule has 5 nitrogen and oxygen atoms in total. The number of methoxy groups -OCH3 is 1. The summed E-state index contributed by atoms with van der Waals surface area (Å²) < 4.78 is 5.35. The monoisotopic (exact) mass is 347 g/mol. The highest BCUT2D eigenvalue weighted by atomic mass is 16.5. The highest BCUT2D eigenvalue weighted by Crippen LogP contribution is 2.19. The first-order valence-electron chi connectivity index (χ1n) is 8.36. The summed E-state index contributed by atoms with van der Waals surface area (Å²) in [4.78, 5) is 16.6. The van der Waals surface area contributed by atoms with Gasteiger partial charge in [0.05, 0.1) is 19.0 Å². The molecule has 0 unspecified atom stereocenters. The maximum absolute atomic E-state index is 12.3. The van der Waals surface area contributed by atoms with Crippen molar-refractivity contribution in [2.75, 3.05) is 17.7 Å². The van der Waals surface area contributed by atoms with Crippen molar-refractivity contribution in [3.8, 4) is 5.75 Å². The molecule has 2 aromatic carbocycles. The molecule has 0 saturated heterocycles. The third kappa shape index (κ3) is 4.19. The Balaban J connectivity index is 1.62. The number of para-hydroxylation sites is 1. The summed E-state index contributed by atoms with van der Waals surface area (Å²) >= 11 is 0. The number of aryl methyl sites for hydroxylation is 1. The third-order valence-electron chi connectivity index (χ3n) is 4.07. The SMILES string of the molecule is COc1ccccc1CNc1ccc(NC(=O)c2ccccc2C)nc1. The second kappa shape index (κ2) is 8.16. The zero-order valence-corrected chi connectivity index (χ0v) is 14.8. The third-order valence-corrected chi connectivity index (χ3v) is 4.07. The Morgan fingerprint density at radius 3 is 2.54 bits per heavy atom. The van der Waals surface area contributed by atoms with E-state index >= 15 is 0 Å². The fraction of sp³-hybridized carbons (Fsp3) is 0.143. The quantitative estimate of drug-likeness (QED) is 0.699. The van der Waals surface area contributed by atoms with Crippen molar-refractivity contribution in [3.05, 3.63) is 83.6 Å². The van der Waals surface area contributed by atoms with Crippen molar-refractivity contribution < 1.29 is 9.53 Å². The number of amides is 1. The second-order valence-corrected chi connectivity index (χ2v) is 5.87. The van der Waals surface area contributed by atoms with Gasteiger partial charge in [-0.15, -0.1) is 0 Å². The summed E-state index contributed by atoms with van der Waals surface area (Å²) in [7, 11) is 1.66. The Morgan fingerprint density at radius 1 is 1.04 bits per heavy atom. The molecule has 0 atom stereocenters. The first-order valence-corrected chi connectivity index (χ1v) is 8.36. The number of rotatable bonds is 6. The number of nitrogens with zero attached hydrogens (tertiary/aromatic N) is 1. The Hall–Kier alpha value is -3.34. The van der Waals surface area contributed by atoms with Gasteiger partial charge in [0.2, 0.25) is 0 Å². The van der Waals surface area contributed by atoms with Gasteiger partial charge in [-0.2, -0.15) is 0 Å². The minimum absolute atomic E-state index is 0.162. The lowest BCUT2D eigenvalue weighted by atomic mass is 10.1. The van der Waals surface area contributed by atoms with Crippen molar-refractivity contribution >= 4 is 17.4 Å². The molecule has 3 aromatic rings. The van der Waals surface area contributed by atoms with E-state index in [-0.39, 0.29) is 5.91 Å². The van der Waals surface area contributed by atoms with Gasteiger partial charge in [-0.05, 0) is 36.8 Å². The lowest BCUT2D eigenvalue weighted by Gasteiger charge is -2.11. The van der Waals surface area contributed by atoms with Crippen LogP contribution < -0.4 is 15.4 Å². The molecule has 2 N–H and O–H groups in total. The van der Waals surface area contributed by atoms with Gasteiger partial charge in [0, 0.05) is 17.7 Å². The van der Waals surface area contributed by atoms with Crippen LogP contribution in [0.3, 0.4) is 0 Å². The molecule has 0 saturated carbocycles. The predicted octanol–water partition coefficient (Wildman–Crippen LogP) is 4.26. The molecule has 0 aliphatic heterocycles. The fourth-order valence-corrected chi connectivity index (χ4v) is 2.63. The van der Waals surface area contributed by atoms with Crippen LogP contribution in [0.5, 0.6) is 5.75 Å². The Morgan fingerprint density at radius 2 is 1.81 bits per heavy atom. The fourth-order valence-electron chi connectivity index (χ4n) is 2.63. The van der Waals surface area contributed by atoms with Gasteiger partial charge in [-0.1, -0.05) is 36.4 Å². The minimum Gasteiger partial charge on any atom is -0.496 e. The largest absolute Gasteiger partial charge is 0.496 e. The number of aromatic nitrogens is 1. The molecule has 0 aliphatic rings. The molecular weight excluding hydrogens is 326 g/mol. The van der Waals surface area contributed by atoms with Crippen molar-refractivity contribution in [3.63, 3.8) is 0 Å². The van der Waals surface area contributed by atoms with E-state index in [9.17, 15) is 4.79 Å². The van der Waals surface area contributed by atoms with Crippen LogP contribution in [-0.2, 0) is 6.54 Å². The van der Waals surface area contributed by atoms with Gasteiger partial charge in [0.1, 0.15) is 11.6 Å². The molecule has 0 fully saturated rings. The lowest BCUT2D eigenvalue weighted by Crippen LogP contribution is -2.14. The zero-order chi connectivity index (χ0) is 18.4. The molecule has 26 heavy (non-hydrogen) atoms. The topological polar surface area (TPSA) is 63.2 Å². The van der Waals surface area contributed by atoms with E-state index < -0.39 is 0 Å². The number of carbonyl (C=O) groups excluding carboxylic acids is 1. The molecule has 1 amide bonds. The van der Waals surface area contributed by atoms with E-state index in [1.165, 1.54) is 0 Å². The number of ether oxygens (including phenoxy) is 1. The molecule has 0 aliphatic carbocycles. The lowest BCUT2D eigenvalue weighted by molar-refractivity contribution is 0.102. The number of hydrogen-bond donors (Lipinski definition) is 2. The average Bonchev–Trinajstić information content (AvgIpc) is 2.68. The molecule has 132 valence electrons. The summed E-state index contributed by atoms with van der Waals surface area (Å²) in [5.74, 6) is 1.20. The van der Waals surface area contributed by atoms with Crippen LogP contribution in [0.25, 0.3) is 0 Å². The van der Waals surface area contributed by atoms with Crippen molar-refractivity contribution in [1.29, 1.82) is 0 Å². The Bertz CT molecular complexity index is 892. The highest BCUT2D eigenvalue weighted by molar-refractivity contribution is 6.04. The van der Waals surface area contributed by atoms with E-state index in [1.54, 1.807) is 25.4 Å². The van der Waals surface area contributed by atoms with Crippen LogP contribution in [0.4, 0.5) is 11.5 Å².